The summed E-state index contributed by atoms with van der Waals surface area (Å²) in [6.07, 6.45) is 0. The molecule has 2 rings (SSSR count). The number of carbonyl (C=O) groups is 2. The molecule has 0 saturated carbocycles. The molecule has 0 fully saturated rings. The van der Waals surface area contributed by atoms with Crippen LogP contribution in [0.15, 0.2) is 42.5 Å². The van der Waals surface area contributed by atoms with E-state index in [1.807, 2.05) is 0 Å². The molecule has 0 atom stereocenters. The van der Waals surface area contributed by atoms with E-state index in [2.05, 4.69) is 5.32 Å². The second-order valence-corrected chi connectivity index (χ2v) is 8.33. The molecule has 12 heteroatoms. The van der Waals surface area contributed by atoms with Crippen molar-refractivity contribution >= 4 is 41.8 Å². The molecule has 0 radical (unpaired) electrons. The van der Waals surface area contributed by atoms with Crippen LogP contribution in [0, 0.1) is 10.1 Å². The van der Waals surface area contributed by atoms with Gasteiger partial charge in [0.15, 0.2) is 0 Å². The quantitative estimate of drug-likeness (QED) is 0.250. The summed E-state index contributed by atoms with van der Waals surface area (Å²) in [6.45, 7) is 1.29. The second-order valence-electron chi connectivity index (χ2n) is 5.04. The number of rotatable bonds is 4. The molecule has 2 aromatic rings. The van der Waals surface area contributed by atoms with Crippen molar-refractivity contribution in [3.63, 3.8) is 0 Å². The Kier molecular flexibility index (Phi) is 7.29. The van der Waals surface area contributed by atoms with Crippen LogP contribution in [0.4, 0.5) is 11.4 Å². The van der Waals surface area contributed by atoms with Crippen LogP contribution in [0.25, 0.3) is 0 Å². The number of carbonyl (C=O) groups excluding carboxylic acids is 1. The number of carboxylic acid groups (broad SMARTS) is 1. The third-order valence-corrected chi connectivity index (χ3v) is 5.02. The smallest absolute Gasteiger partial charge is 0.335 e. The standard InChI is InChI=1S/C8H10AsNO5.C7H5NO4/c1-5(11)10-6-2-3-7(8(12)4-6)9(13,14)15;9-7(10)5-2-1-3-6(4-5)8(11)12/h2-4,12H,1H3,(H,10,11)(H2,13,14,15);1-4H,(H,9,10). The molecule has 0 spiro atoms. The van der Waals surface area contributed by atoms with Crippen molar-refractivity contribution in [2.45, 2.75) is 6.92 Å². The second kappa shape index (κ2) is 8.99. The molecule has 0 aliphatic heterocycles. The van der Waals surface area contributed by atoms with Gasteiger partial charge in [0.25, 0.3) is 5.69 Å². The van der Waals surface area contributed by atoms with Gasteiger partial charge in [-0.2, -0.15) is 0 Å². The molecule has 0 aromatic heterocycles. The Bertz CT molecular complexity index is 894. The van der Waals surface area contributed by atoms with Gasteiger partial charge in [0.1, 0.15) is 0 Å². The number of non-ortho nitro benzene ring substituents is 1. The third-order valence-electron chi connectivity index (χ3n) is 2.91. The van der Waals surface area contributed by atoms with Crippen LogP contribution in [-0.2, 0) is 8.53 Å². The van der Waals surface area contributed by atoms with E-state index in [0.717, 1.165) is 18.2 Å². The molecule has 0 aliphatic carbocycles. The fraction of sp³-hybridized carbons (Fsp3) is 0.0667. The van der Waals surface area contributed by atoms with E-state index in [9.17, 15) is 28.5 Å². The molecule has 1 amide bonds. The summed E-state index contributed by atoms with van der Waals surface area (Å²) in [5.74, 6) is -2.02. The van der Waals surface area contributed by atoms with E-state index in [1.54, 1.807) is 0 Å². The zero-order valence-corrected chi connectivity index (χ0v) is 15.6. The van der Waals surface area contributed by atoms with Gasteiger partial charge in [0, 0.05) is 12.1 Å². The van der Waals surface area contributed by atoms with Gasteiger partial charge in [-0.25, -0.2) is 4.79 Å². The Morgan fingerprint density at radius 3 is 2.22 bits per heavy atom. The van der Waals surface area contributed by atoms with Crippen molar-refractivity contribution < 1.29 is 36.7 Å². The van der Waals surface area contributed by atoms with Gasteiger partial charge in [0.05, 0.1) is 10.5 Å². The Balaban J connectivity index is 0.000000277. The maximum Gasteiger partial charge on any atom is 0.335 e. The van der Waals surface area contributed by atoms with Crippen molar-refractivity contribution in [3.8, 4) is 5.75 Å². The van der Waals surface area contributed by atoms with Gasteiger partial charge in [-0.05, 0) is 6.07 Å². The van der Waals surface area contributed by atoms with Crippen LogP contribution >= 0.6 is 0 Å². The molecule has 0 unspecified atom stereocenters. The summed E-state index contributed by atoms with van der Waals surface area (Å²) >= 11 is -5.09. The zero-order chi connectivity index (χ0) is 20.8. The molecule has 0 bridgehead atoms. The number of nitro groups is 1. The predicted octanol–water partition coefficient (Wildman–Crippen LogP) is 0.205. The number of hydrogen-bond donors (Lipinski definition) is 5. The number of amides is 1. The SMILES string of the molecule is CC(=O)Nc1ccc([As](=O)(O)O)c(O)c1.O=C(O)c1cccc([N+](=O)[O-])c1. The summed E-state index contributed by atoms with van der Waals surface area (Å²) in [7, 11) is 0. The molecular weight excluding hydrogens is 427 g/mol. The van der Waals surface area contributed by atoms with Crippen molar-refractivity contribution in [2.75, 3.05) is 5.32 Å². The number of anilines is 1. The first-order valence-electron chi connectivity index (χ1n) is 7.06. The van der Waals surface area contributed by atoms with Crippen molar-refractivity contribution in [3.05, 3.63) is 58.1 Å². The maximum atomic E-state index is 10.9. The van der Waals surface area contributed by atoms with Gasteiger partial charge in [0.2, 0.25) is 0 Å². The number of nitro benzene ring substituents is 1. The zero-order valence-electron chi connectivity index (χ0n) is 13.8. The van der Waals surface area contributed by atoms with Crippen molar-refractivity contribution in [1.82, 2.24) is 0 Å². The van der Waals surface area contributed by atoms with Gasteiger partial charge in [-0.1, -0.05) is 6.07 Å². The van der Waals surface area contributed by atoms with Crippen LogP contribution in [0.5, 0.6) is 5.75 Å². The minimum atomic E-state index is -5.09. The van der Waals surface area contributed by atoms with Crippen LogP contribution in [0.3, 0.4) is 0 Å². The van der Waals surface area contributed by atoms with E-state index in [1.165, 1.54) is 31.2 Å². The van der Waals surface area contributed by atoms with E-state index < -0.39 is 35.2 Å². The fourth-order valence-corrected chi connectivity index (χ4v) is 3.13. The Labute approximate surface area is 155 Å². The number of phenolic OH excluding ortho intramolecular Hbond substituents is 1. The average Bonchev–Trinajstić information content (AvgIpc) is 2.53. The summed E-state index contributed by atoms with van der Waals surface area (Å²) in [6, 6.07) is 8.40. The van der Waals surface area contributed by atoms with Crippen LogP contribution in [0.2, 0.25) is 0 Å². The minimum absolute atomic E-state index is 0.0794. The number of aromatic hydroxyl groups is 1. The predicted molar refractivity (Wildman–Crippen MR) is 93.0 cm³/mol. The molecule has 144 valence electrons. The van der Waals surface area contributed by atoms with Crippen LogP contribution < -0.4 is 9.67 Å². The topological polar surface area (TPSA) is 187 Å². The average molecular weight is 442 g/mol. The van der Waals surface area contributed by atoms with Gasteiger partial charge in [-0.15, -0.1) is 0 Å². The van der Waals surface area contributed by atoms with Crippen molar-refractivity contribution in [2.24, 2.45) is 0 Å². The fourth-order valence-electron chi connectivity index (χ4n) is 1.80. The largest absolute Gasteiger partial charge is 0.478 e. The molecular formula is C15H15AsN2O9. The number of nitrogens with zero attached hydrogens (tertiary/aromatic N) is 1. The molecule has 27 heavy (non-hydrogen) atoms. The van der Waals surface area contributed by atoms with Crippen LogP contribution in [-0.4, -0.2) is 49.4 Å². The Hall–Kier alpha value is -3.14. The van der Waals surface area contributed by atoms with Gasteiger partial charge < -0.3 is 5.11 Å². The normalized spacial score (nSPS) is 10.3. The molecule has 0 saturated heterocycles. The molecule has 2 aromatic carbocycles. The number of aromatic carboxylic acids is 1. The van der Waals surface area contributed by atoms with Gasteiger partial charge in [-0.3, -0.25) is 10.1 Å². The Morgan fingerprint density at radius 2 is 1.78 bits per heavy atom. The number of hydrogen-bond acceptors (Lipinski definition) is 6. The monoisotopic (exact) mass is 442 g/mol. The third kappa shape index (κ3) is 6.94. The van der Waals surface area contributed by atoms with E-state index in [0.29, 0.717) is 0 Å². The summed E-state index contributed by atoms with van der Waals surface area (Å²) in [5, 5.41) is 30.3. The summed E-state index contributed by atoms with van der Waals surface area (Å²) < 4.78 is 28.2. The first kappa shape index (κ1) is 21.9. The van der Waals surface area contributed by atoms with E-state index >= 15 is 0 Å². The summed E-state index contributed by atoms with van der Waals surface area (Å²) in [5.41, 5.74) is -0.00759. The molecule has 11 nitrogen and oxygen atoms in total. The van der Waals surface area contributed by atoms with E-state index in [-0.39, 0.29) is 22.8 Å². The number of phenols is 1. The summed E-state index contributed by atoms with van der Waals surface area (Å²) in [4.78, 5) is 30.6. The first-order chi connectivity index (χ1) is 12.4. The Morgan fingerprint density at radius 1 is 1.15 bits per heavy atom. The minimum Gasteiger partial charge on any atom is -0.478 e. The number of nitrogens with one attached hydrogen (secondary N) is 1. The molecule has 0 heterocycles. The van der Waals surface area contributed by atoms with Crippen molar-refractivity contribution in [1.29, 1.82) is 0 Å². The van der Waals surface area contributed by atoms with Crippen LogP contribution in [0.1, 0.15) is 17.3 Å². The maximum absolute atomic E-state index is 10.9. The molecule has 0 aliphatic rings. The van der Waals surface area contributed by atoms with Gasteiger partial charge >= 0.3 is 94.1 Å². The number of benzene rings is 2. The molecule has 5 N–H and O–H groups in total. The van der Waals surface area contributed by atoms with E-state index in [4.69, 9.17) is 13.3 Å². The first-order valence-corrected chi connectivity index (χ1v) is 10.4. The number of carboxylic acids is 1.